The van der Waals surface area contributed by atoms with Gasteiger partial charge >= 0.3 is 5.97 Å². The molecular formula is C24H19FN2O2. The number of benzene rings is 3. The lowest BCUT2D eigenvalue weighted by molar-refractivity contribution is -0.136. The lowest BCUT2D eigenvalue weighted by Gasteiger charge is -2.10. The summed E-state index contributed by atoms with van der Waals surface area (Å²) in [5.41, 5.74) is 4.07. The molecule has 5 heteroatoms. The molecule has 0 aliphatic carbocycles. The molecular weight excluding hydrogens is 367 g/mol. The number of carboxylic acids is 1. The molecule has 0 aliphatic rings. The van der Waals surface area contributed by atoms with E-state index in [0.717, 1.165) is 11.1 Å². The summed E-state index contributed by atoms with van der Waals surface area (Å²) in [7, 11) is 0. The van der Waals surface area contributed by atoms with Gasteiger partial charge in [0.05, 0.1) is 24.4 Å². The van der Waals surface area contributed by atoms with Crippen LogP contribution in [0.25, 0.3) is 22.5 Å². The summed E-state index contributed by atoms with van der Waals surface area (Å²) >= 11 is 0. The van der Waals surface area contributed by atoms with Gasteiger partial charge in [-0.2, -0.15) is 5.10 Å². The van der Waals surface area contributed by atoms with Crippen LogP contribution in [0.15, 0.2) is 84.9 Å². The zero-order valence-corrected chi connectivity index (χ0v) is 15.6. The van der Waals surface area contributed by atoms with E-state index in [9.17, 15) is 14.3 Å². The van der Waals surface area contributed by atoms with Crippen LogP contribution in [-0.4, -0.2) is 20.9 Å². The summed E-state index contributed by atoms with van der Waals surface area (Å²) < 4.78 is 16.0. The minimum atomic E-state index is -0.940. The van der Waals surface area contributed by atoms with E-state index in [2.05, 4.69) is 0 Å². The molecule has 0 unspecified atom stereocenters. The second kappa shape index (κ2) is 8.10. The SMILES string of the molecule is O=C(O)Cc1c(-c2ccccc2)nn(Cc2ccccc2F)c1-c1ccccc1. The summed E-state index contributed by atoms with van der Waals surface area (Å²) in [4.78, 5) is 11.7. The third-order valence-electron chi connectivity index (χ3n) is 4.75. The van der Waals surface area contributed by atoms with Crippen LogP contribution in [0, 0.1) is 5.82 Å². The van der Waals surface area contributed by atoms with E-state index in [1.54, 1.807) is 22.9 Å². The van der Waals surface area contributed by atoms with E-state index >= 15 is 0 Å². The van der Waals surface area contributed by atoms with Crippen LogP contribution in [0.1, 0.15) is 11.1 Å². The third-order valence-corrected chi connectivity index (χ3v) is 4.75. The molecule has 0 fully saturated rings. The smallest absolute Gasteiger partial charge is 0.307 e. The van der Waals surface area contributed by atoms with Crippen molar-refractivity contribution >= 4 is 5.97 Å². The van der Waals surface area contributed by atoms with Crippen LogP contribution in [0.3, 0.4) is 0 Å². The molecule has 0 spiro atoms. The largest absolute Gasteiger partial charge is 0.481 e. The van der Waals surface area contributed by atoms with Gasteiger partial charge in [-0.3, -0.25) is 9.48 Å². The monoisotopic (exact) mass is 386 g/mol. The fourth-order valence-corrected chi connectivity index (χ4v) is 3.47. The zero-order chi connectivity index (χ0) is 20.2. The van der Waals surface area contributed by atoms with E-state index in [1.165, 1.54) is 6.07 Å². The summed E-state index contributed by atoms with van der Waals surface area (Å²) in [6.07, 6.45) is -0.175. The van der Waals surface area contributed by atoms with Gasteiger partial charge in [0.25, 0.3) is 0 Å². The first-order valence-electron chi connectivity index (χ1n) is 9.29. The lowest BCUT2D eigenvalue weighted by atomic mass is 9.99. The number of carboxylic acid groups (broad SMARTS) is 1. The number of rotatable bonds is 6. The summed E-state index contributed by atoms with van der Waals surface area (Å²) in [5, 5.41) is 14.3. The standard InChI is InChI=1S/C24H19FN2O2/c25-21-14-8-7-13-19(21)16-27-24(18-11-5-2-6-12-18)20(15-22(28)29)23(26-27)17-9-3-1-4-10-17/h1-14H,15-16H2,(H,28,29). The van der Waals surface area contributed by atoms with Crippen LogP contribution in [0.4, 0.5) is 4.39 Å². The molecule has 0 bridgehead atoms. The highest BCUT2D eigenvalue weighted by Gasteiger charge is 2.23. The maximum Gasteiger partial charge on any atom is 0.307 e. The van der Waals surface area contributed by atoms with Gasteiger partial charge in [0.2, 0.25) is 0 Å². The molecule has 0 saturated heterocycles. The van der Waals surface area contributed by atoms with E-state index in [-0.39, 0.29) is 18.8 Å². The maximum absolute atomic E-state index is 14.3. The first-order chi connectivity index (χ1) is 14.1. The van der Waals surface area contributed by atoms with Gasteiger partial charge in [-0.25, -0.2) is 4.39 Å². The molecule has 0 saturated carbocycles. The Labute approximate surface area is 167 Å². The van der Waals surface area contributed by atoms with E-state index in [1.807, 2.05) is 60.7 Å². The number of halogens is 1. The molecule has 1 heterocycles. The number of hydrogen-bond acceptors (Lipinski definition) is 2. The highest BCUT2D eigenvalue weighted by Crippen LogP contribution is 2.33. The predicted molar refractivity (Wildman–Crippen MR) is 110 cm³/mol. The molecule has 4 nitrogen and oxygen atoms in total. The fourth-order valence-electron chi connectivity index (χ4n) is 3.47. The molecule has 144 valence electrons. The molecule has 0 amide bonds. The van der Waals surface area contributed by atoms with Gasteiger partial charge in [0, 0.05) is 22.3 Å². The van der Waals surface area contributed by atoms with E-state index < -0.39 is 5.97 Å². The number of aliphatic carboxylic acids is 1. The normalized spacial score (nSPS) is 10.8. The minimum Gasteiger partial charge on any atom is -0.481 e. The van der Waals surface area contributed by atoms with Gasteiger partial charge in [-0.15, -0.1) is 0 Å². The number of carbonyl (C=O) groups is 1. The second-order valence-corrected chi connectivity index (χ2v) is 6.73. The molecule has 0 radical (unpaired) electrons. The van der Waals surface area contributed by atoms with Crippen LogP contribution in [0.2, 0.25) is 0 Å². The maximum atomic E-state index is 14.3. The van der Waals surface area contributed by atoms with Crippen molar-refractivity contribution < 1.29 is 14.3 Å². The first kappa shape index (κ1) is 18.6. The van der Waals surface area contributed by atoms with Crippen molar-refractivity contribution in [1.82, 2.24) is 9.78 Å². The van der Waals surface area contributed by atoms with Crippen molar-refractivity contribution in [1.29, 1.82) is 0 Å². The Balaban J connectivity index is 1.95. The van der Waals surface area contributed by atoms with Crippen LogP contribution in [0.5, 0.6) is 0 Å². The molecule has 1 N–H and O–H groups in total. The minimum absolute atomic E-state index is 0.175. The predicted octanol–water partition coefficient (Wildman–Crippen LogP) is 5.03. The van der Waals surface area contributed by atoms with Crippen molar-refractivity contribution in [2.24, 2.45) is 0 Å². The van der Waals surface area contributed by atoms with Gasteiger partial charge in [0.1, 0.15) is 5.82 Å². The van der Waals surface area contributed by atoms with Gasteiger partial charge < -0.3 is 5.11 Å². The van der Waals surface area contributed by atoms with Crippen LogP contribution < -0.4 is 0 Å². The molecule has 0 atom stereocenters. The van der Waals surface area contributed by atoms with Gasteiger partial charge in [-0.05, 0) is 6.07 Å². The molecule has 4 aromatic rings. The Kier molecular flexibility index (Phi) is 5.20. The number of nitrogens with zero attached hydrogens (tertiary/aromatic N) is 2. The average Bonchev–Trinajstić information content (AvgIpc) is 3.08. The van der Waals surface area contributed by atoms with Crippen molar-refractivity contribution in [2.45, 2.75) is 13.0 Å². The molecule has 4 rings (SSSR count). The number of hydrogen-bond donors (Lipinski definition) is 1. The van der Waals surface area contributed by atoms with Crippen molar-refractivity contribution in [2.75, 3.05) is 0 Å². The Morgan fingerprint density at radius 1 is 0.862 bits per heavy atom. The Morgan fingerprint density at radius 3 is 2.07 bits per heavy atom. The van der Waals surface area contributed by atoms with Gasteiger partial charge in [0.15, 0.2) is 0 Å². The van der Waals surface area contributed by atoms with E-state index in [0.29, 0.717) is 22.5 Å². The van der Waals surface area contributed by atoms with Crippen LogP contribution in [-0.2, 0) is 17.8 Å². The zero-order valence-electron chi connectivity index (χ0n) is 15.6. The second-order valence-electron chi connectivity index (χ2n) is 6.73. The van der Waals surface area contributed by atoms with Crippen molar-refractivity contribution in [3.8, 4) is 22.5 Å². The first-order valence-corrected chi connectivity index (χ1v) is 9.29. The highest BCUT2D eigenvalue weighted by molar-refractivity contribution is 5.81. The molecule has 1 aromatic heterocycles. The van der Waals surface area contributed by atoms with Crippen molar-refractivity contribution in [3.63, 3.8) is 0 Å². The molecule has 29 heavy (non-hydrogen) atoms. The van der Waals surface area contributed by atoms with Crippen LogP contribution >= 0.6 is 0 Å². The average molecular weight is 386 g/mol. The van der Waals surface area contributed by atoms with Gasteiger partial charge in [-0.1, -0.05) is 78.9 Å². The summed E-state index contributed by atoms with van der Waals surface area (Å²) in [6.45, 7) is 0.205. The summed E-state index contributed by atoms with van der Waals surface area (Å²) in [5.74, 6) is -1.26. The highest BCUT2D eigenvalue weighted by atomic mass is 19.1. The summed E-state index contributed by atoms with van der Waals surface area (Å²) in [6, 6.07) is 25.5. The number of aromatic nitrogens is 2. The van der Waals surface area contributed by atoms with E-state index in [4.69, 9.17) is 5.10 Å². The topological polar surface area (TPSA) is 55.1 Å². The Morgan fingerprint density at radius 2 is 1.45 bits per heavy atom. The Hall–Kier alpha value is -3.73. The quantitative estimate of drug-likeness (QED) is 0.506. The van der Waals surface area contributed by atoms with Crippen molar-refractivity contribution in [3.05, 3.63) is 102 Å². The Bertz CT molecular complexity index is 1140. The fraction of sp³-hybridized carbons (Fsp3) is 0.0833. The lowest BCUT2D eigenvalue weighted by Crippen LogP contribution is -2.07. The third kappa shape index (κ3) is 3.94. The molecule has 0 aliphatic heterocycles. The molecule has 3 aromatic carbocycles.